The van der Waals surface area contributed by atoms with E-state index in [-0.39, 0.29) is 0 Å². The molecule has 0 aliphatic heterocycles. The predicted molar refractivity (Wildman–Crippen MR) is 76.2 cm³/mol. The molecule has 0 aromatic rings. The summed E-state index contributed by atoms with van der Waals surface area (Å²) in [6.45, 7) is 4.95. The second-order valence-corrected chi connectivity index (χ2v) is 7.69. The molecule has 3 fully saturated rings. The topological polar surface area (TPSA) is 0 Å². The molecule has 0 radical (unpaired) electrons. The van der Waals surface area contributed by atoms with Crippen LogP contribution in [0.3, 0.4) is 0 Å². The molecule has 0 aromatic heterocycles. The van der Waals surface area contributed by atoms with E-state index in [1.165, 1.54) is 43.4 Å². The third-order valence-corrected chi connectivity index (χ3v) is 8.00. The van der Waals surface area contributed by atoms with Crippen LogP contribution in [0.4, 0.5) is 0 Å². The molecule has 0 unspecified atom stereocenters. The first kappa shape index (κ1) is 11.6. The largest absolute Gasteiger partial charge is 0.0918 e. The Morgan fingerprint density at radius 1 is 1.25 bits per heavy atom. The number of rotatable bonds is 1. The lowest BCUT2D eigenvalue weighted by molar-refractivity contribution is 0.142. The van der Waals surface area contributed by atoms with Gasteiger partial charge in [0.2, 0.25) is 0 Å². The smallest absolute Gasteiger partial charge is 0.0173 e. The lowest BCUT2D eigenvalue weighted by Crippen LogP contribution is -2.40. The summed E-state index contributed by atoms with van der Waals surface area (Å²) >= 11 is 9.75. The van der Waals surface area contributed by atoms with E-state index in [4.69, 9.17) is 12.2 Å². The molecule has 3 saturated carbocycles. The molecule has 0 N–H and O–H groups in total. The first-order valence-electron chi connectivity index (χ1n) is 6.62. The van der Waals surface area contributed by atoms with Crippen molar-refractivity contribution in [1.29, 1.82) is 0 Å². The summed E-state index contributed by atoms with van der Waals surface area (Å²) in [6, 6.07) is 0. The third-order valence-electron chi connectivity index (χ3n) is 6.24. The van der Waals surface area contributed by atoms with Crippen molar-refractivity contribution in [3.05, 3.63) is 0 Å². The van der Waals surface area contributed by atoms with Crippen LogP contribution in [0.2, 0.25) is 0 Å². The number of hydrogen-bond donors (Lipinski definition) is 0. The summed E-state index contributed by atoms with van der Waals surface area (Å²) in [6.07, 6.45) is 8.33. The van der Waals surface area contributed by atoms with E-state index in [1.807, 2.05) is 0 Å². The highest BCUT2D eigenvalue weighted by Gasteiger charge is 2.71. The summed E-state index contributed by atoms with van der Waals surface area (Å²) in [4.78, 5) is 1.45. The van der Waals surface area contributed by atoms with Crippen LogP contribution in [-0.4, -0.2) is 10.2 Å². The van der Waals surface area contributed by atoms with Crippen molar-refractivity contribution >= 4 is 33.0 Å². The van der Waals surface area contributed by atoms with Crippen molar-refractivity contribution < 1.29 is 0 Å². The van der Waals surface area contributed by atoms with Gasteiger partial charge in [-0.1, -0.05) is 54.8 Å². The molecule has 2 bridgehead atoms. The lowest BCUT2D eigenvalue weighted by atomic mass is 9.69. The fourth-order valence-electron chi connectivity index (χ4n) is 5.30. The average Bonchev–Trinajstić information content (AvgIpc) is 2.83. The van der Waals surface area contributed by atoms with Gasteiger partial charge in [-0.15, -0.1) is 0 Å². The Morgan fingerprint density at radius 3 is 2.38 bits per heavy atom. The summed E-state index contributed by atoms with van der Waals surface area (Å²) in [5.74, 6) is 0.868. The number of hydrogen-bond acceptors (Lipinski definition) is 1. The Kier molecular flexibility index (Phi) is 2.41. The molecule has 3 aliphatic carbocycles. The molecule has 1 spiro atoms. The molecular weight excluding hydrogens is 280 g/mol. The zero-order chi connectivity index (χ0) is 11.6. The van der Waals surface area contributed by atoms with Crippen molar-refractivity contribution in [1.82, 2.24) is 0 Å². The minimum Gasteiger partial charge on any atom is -0.0918 e. The van der Waals surface area contributed by atoms with E-state index in [0.29, 0.717) is 16.2 Å². The van der Waals surface area contributed by atoms with Crippen molar-refractivity contribution in [2.45, 2.75) is 52.4 Å². The van der Waals surface area contributed by atoms with Gasteiger partial charge in [-0.3, -0.25) is 0 Å². The second-order valence-electron chi connectivity index (χ2n) is 6.72. The van der Waals surface area contributed by atoms with E-state index in [2.05, 4.69) is 29.8 Å². The lowest BCUT2D eigenvalue weighted by Gasteiger charge is -2.38. The van der Waals surface area contributed by atoms with Gasteiger partial charge in [0.1, 0.15) is 0 Å². The molecule has 0 amide bonds. The van der Waals surface area contributed by atoms with Crippen molar-refractivity contribution in [2.75, 3.05) is 5.33 Å². The summed E-state index contributed by atoms with van der Waals surface area (Å²) in [7, 11) is 0. The molecule has 0 saturated heterocycles. The van der Waals surface area contributed by atoms with Gasteiger partial charge in [-0.05, 0) is 37.0 Å². The van der Waals surface area contributed by atoms with Gasteiger partial charge < -0.3 is 0 Å². The number of thiocarbonyl (C=S) groups is 1. The summed E-state index contributed by atoms with van der Waals surface area (Å²) in [5.41, 5.74) is 1.22. The van der Waals surface area contributed by atoms with Crippen molar-refractivity contribution in [3.8, 4) is 0 Å². The maximum Gasteiger partial charge on any atom is 0.0173 e. The van der Waals surface area contributed by atoms with Crippen molar-refractivity contribution in [3.63, 3.8) is 0 Å². The number of halogens is 1. The van der Waals surface area contributed by atoms with Gasteiger partial charge in [0.05, 0.1) is 0 Å². The highest BCUT2D eigenvalue weighted by molar-refractivity contribution is 9.09. The zero-order valence-electron chi connectivity index (χ0n) is 10.3. The standard InChI is InChI=1S/C14H21BrS/c1-12(2)10-5-8-14(12,9-15)11(16)13(10)6-3-4-7-13/h10H,3-9H2,1-2H3/t10-,14+/m0/s1. The highest BCUT2D eigenvalue weighted by Crippen LogP contribution is 2.74. The molecule has 0 nitrogen and oxygen atoms in total. The minimum absolute atomic E-state index is 0.331. The van der Waals surface area contributed by atoms with E-state index in [9.17, 15) is 0 Å². The Morgan fingerprint density at radius 2 is 1.88 bits per heavy atom. The van der Waals surface area contributed by atoms with Crippen LogP contribution >= 0.6 is 28.1 Å². The van der Waals surface area contributed by atoms with E-state index in [1.54, 1.807) is 0 Å². The number of fused-ring (bicyclic) bond motifs is 3. The van der Waals surface area contributed by atoms with Crippen molar-refractivity contribution in [2.24, 2.45) is 22.2 Å². The summed E-state index contributed by atoms with van der Waals surface area (Å²) in [5, 5.41) is 1.09. The third kappa shape index (κ3) is 1.01. The van der Waals surface area contributed by atoms with E-state index >= 15 is 0 Å². The maximum atomic E-state index is 5.97. The number of alkyl halides is 1. The normalized spacial score (nSPS) is 43.4. The molecule has 16 heavy (non-hydrogen) atoms. The van der Waals surface area contributed by atoms with Gasteiger partial charge >= 0.3 is 0 Å². The first-order chi connectivity index (χ1) is 7.51. The van der Waals surface area contributed by atoms with Crippen LogP contribution in [0, 0.1) is 22.2 Å². The summed E-state index contributed by atoms with van der Waals surface area (Å²) < 4.78 is 0. The Balaban J connectivity index is 2.13. The molecule has 0 aromatic carbocycles. The van der Waals surface area contributed by atoms with Crippen LogP contribution in [0.15, 0.2) is 0 Å². The van der Waals surface area contributed by atoms with Crippen LogP contribution in [0.1, 0.15) is 52.4 Å². The van der Waals surface area contributed by atoms with Gasteiger partial charge in [0.25, 0.3) is 0 Å². The molecule has 0 heterocycles. The monoisotopic (exact) mass is 300 g/mol. The molecule has 3 aliphatic rings. The van der Waals surface area contributed by atoms with Crippen LogP contribution < -0.4 is 0 Å². The second kappa shape index (κ2) is 3.32. The minimum atomic E-state index is 0.331. The van der Waals surface area contributed by atoms with Gasteiger partial charge in [0.15, 0.2) is 0 Å². The molecule has 3 rings (SSSR count). The Labute approximate surface area is 113 Å². The molecular formula is C14H21BrS. The average molecular weight is 301 g/mol. The molecule has 2 atom stereocenters. The van der Waals surface area contributed by atoms with Gasteiger partial charge in [0, 0.05) is 21.0 Å². The maximum absolute atomic E-state index is 5.97. The molecule has 2 heteroatoms. The van der Waals surface area contributed by atoms with Crippen LogP contribution in [0.5, 0.6) is 0 Å². The molecule has 90 valence electrons. The quantitative estimate of drug-likeness (QED) is 0.497. The van der Waals surface area contributed by atoms with E-state index < -0.39 is 0 Å². The zero-order valence-corrected chi connectivity index (χ0v) is 12.7. The van der Waals surface area contributed by atoms with Gasteiger partial charge in [-0.25, -0.2) is 0 Å². The van der Waals surface area contributed by atoms with Crippen LogP contribution in [0.25, 0.3) is 0 Å². The fraction of sp³-hybridized carbons (Fsp3) is 0.929. The fourth-order valence-corrected chi connectivity index (χ4v) is 7.55. The Bertz CT molecular complexity index is 341. The van der Waals surface area contributed by atoms with Crippen LogP contribution in [-0.2, 0) is 0 Å². The van der Waals surface area contributed by atoms with Gasteiger partial charge in [-0.2, -0.15) is 0 Å². The SMILES string of the molecule is CC1(C)[C@@H]2CC[C@@]1(CBr)C(=S)C21CCCC1. The first-order valence-corrected chi connectivity index (χ1v) is 8.15. The van der Waals surface area contributed by atoms with E-state index in [0.717, 1.165) is 11.2 Å². The highest BCUT2D eigenvalue weighted by atomic mass is 79.9. The Hall–Kier alpha value is 0.570. The predicted octanol–water partition coefficient (Wildman–Crippen LogP) is 4.75.